The minimum absolute atomic E-state index is 0.0804. The number of carbonyl (C=O) groups is 1. The second-order valence-electron chi connectivity index (χ2n) is 6.70. The molecule has 23 heavy (non-hydrogen) atoms. The van der Waals surface area contributed by atoms with Crippen LogP contribution in [0.3, 0.4) is 0 Å². The molecule has 2 N–H and O–H groups in total. The second kappa shape index (κ2) is 7.05. The van der Waals surface area contributed by atoms with Crippen molar-refractivity contribution < 1.29 is 4.79 Å². The number of carbonyl (C=O) groups excluding carboxylic acids is 1. The zero-order valence-electron chi connectivity index (χ0n) is 14.0. The summed E-state index contributed by atoms with van der Waals surface area (Å²) in [4.78, 5) is 12.1. The molecule has 2 rings (SSSR count). The summed E-state index contributed by atoms with van der Waals surface area (Å²) in [7, 11) is 0. The quantitative estimate of drug-likeness (QED) is 0.764. The Hall–Kier alpha value is -2.00. The number of hydrogen-bond donors (Lipinski definition) is 2. The van der Waals surface area contributed by atoms with E-state index >= 15 is 0 Å². The van der Waals surface area contributed by atoms with E-state index in [-0.39, 0.29) is 17.5 Å². The number of hydrogen-bond acceptors (Lipinski definition) is 1. The van der Waals surface area contributed by atoms with Crippen molar-refractivity contribution in [2.45, 2.75) is 39.2 Å². The van der Waals surface area contributed by atoms with Gasteiger partial charge in [0.2, 0.25) is 0 Å². The zero-order chi connectivity index (χ0) is 17.0. The maximum atomic E-state index is 12.1. The van der Waals surface area contributed by atoms with Crippen molar-refractivity contribution in [3.8, 4) is 0 Å². The van der Waals surface area contributed by atoms with Crippen LogP contribution >= 0.6 is 11.6 Å². The standard InChI is InChI=1S/C19H23ClN2O/c1-13(14-8-10-15(11-9-14)19(2,3)4)21-18(23)22-17-7-5-6-16(20)12-17/h5-13H,1-4H3,(H2,21,22,23). The Labute approximate surface area is 143 Å². The SMILES string of the molecule is CC(NC(=O)Nc1cccc(Cl)c1)c1ccc(C(C)(C)C)cc1. The van der Waals surface area contributed by atoms with Gasteiger partial charge < -0.3 is 10.6 Å². The van der Waals surface area contributed by atoms with Crippen LogP contribution in [0, 0.1) is 0 Å². The van der Waals surface area contributed by atoms with E-state index in [1.807, 2.05) is 6.92 Å². The van der Waals surface area contributed by atoms with Crippen molar-refractivity contribution in [1.29, 1.82) is 0 Å². The second-order valence-corrected chi connectivity index (χ2v) is 7.14. The van der Waals surface area contributed by atoms with Crippen molar-refractivity contribution in [1.82, 2.24) is 5.32 Å². The first-order valence-electron chi connectivity index (χ1n) is 7.69. The molecule has 0 bridgehead atoms. The highest BCUT2D eigenvalue weighted by molar-refractivity contribution is 6.30. The third kappa shape index (κ3) is 5.00. The number of rotatable bonds is 3. The molecule has 0 saturated carbocycles. The lowest BCUT2D eigenvalue weighted by atomic mass is 9.86. The third-order valence-electron chi connectivity index (χ3n) is 3.71. The molecule has 1 unspecified atom stereocenters. The molecule has 0 saturated heterocycles. The molecule has 0 heterocycles. The van der Waals surface area contributed by atoms with Crippen molar-refractivity contribution in [3.05, 3.63) is 64.7 Å². The highest BCUT2D eigenvalue weighted by Crippen LogP contribution is 2.24. The van der Waals surface area contributed by atoms with Gasteiger partial charge in [-0.1, -0.05) is 62.7 Å². The Balaban J connectivity index is 1.98. The van der Waals surface area contributed by atoms with E-state index in [1.54, 1.807) is 24.3 Å². The largest absolute Gasteiger partial charge is 0.331 e. The molecule has 0 spiro atoms. The molecule has 3 nitrogen and oxygen atoms in total. The average Bonchev–Trinajstić information content (AvgIpc) is 2.46. The summed E-state index contributed by atoms with van der Waals surface area (Å²) < 4.78 is 0. The van der Waals surface area contributed by atoms with E-state index in [2.05, 4.69) is 55.7 Å². The van der Waals surface area contributed by atoms with Crippen molar-refractivity contribution in [2.75, 3.05) is 5.32 Å². The molecule has 0 fully saturated rings. The van der Waals surface area contributed by atoms with Gasteiger partial charge in [-0.15, -0.1) is 0 Å². The summed E-state index contributed by atoms with van der Waals surface area (Å²) in [5, 5.41) is 6.31. The number of benzene rings is 2. The lowest BCUT2D eigenvalue weighted by Gasteiger charge is -2.21. The van der Waals surface area contributed by atoms with Crippen LogP contribution in [0.1, 0.15) is 44.9 Å². The fourth-order valence-electron chi connectivity index (χ4n) is 2.29. The minimum Gasteiger partial charge on any atom is -0.331 e. The molecule has 0 aliphatic heterocycles. The molecule has 0 aromatic heterocycles. The van der Waals surface area contributed by atoms with Crippen LogP contribution in [0.5, 0.6) is 0 Å². The summed E-state index contributed by atoms with van der Waals surface area (Å²) in [5.41, 5.74) is 3.14. The van der Waals surface area contributed by atoms with Crippen molar-refractivity contribution >= 4 is 23.3 Å². The summed E-state index contributed by atoms with van der Waals surface area (Å²) in [6, 6.07) is 15.1. The summed E-state index contributed by atoms with van der Waals surface area (Å²) in [6.45, 7) is 8.51. The maximum absolute atomic E-state index is 12.1. The maximum Gasteiger partial charge on any atom is 0.319 e. The normalized spacial score (nSPS) is 12.6. The predicted molar refractivity (Wildman–Crippen MR) is 97.2 cm³/mol. The van der Waals surface area contributed by atoms with Gasteiger partial charge in [0.05, 0.1) is 6.04 Å². The first-order valence-corrected chi connectivity index (χ1v) is 8.07. The van der Waals surface area contributed by atoms with Crippen molar-refractivity contribution in [2.24, 2.45) is 0 Å². The first-order chi connectivity index (χ1) is 10.8. The Morgan fingerprint density at radius 3 is 2.30 bits per heavy atom. The first kappa shape index (κ1) is 17.4. The van der Waals surface area contributed by atoms with Gasteiger partial charge in [0.1, 0.15) is 0 Å². The summed E-state index contributed by atoms with van der Waals surface area (Å²) in [6.07, 6.45) is 0. The van der Waals surface area contributed by atoms with Gasteiger partial charge in [-0.2, -0.15) is 0 Å². The monoisotopic (exact) mass is 330 g/mol. The number of amides is 2. The number of nitrogens with one attached hydrogen (secondary N) is 2. The fraction of sp³-hybridized carbons (Fsp3) is 0.316. The highest BCUT2D eigenvalue weighted by Gasteiger charge is 2.15. The molecule has 0 radical (unpaired) electrons. The number of halogens is 1. The molecule has 0 aliphatic rings. The smallest absolute Gasteiger partial charge is 0.319 e. The lowest BCUT2D eigenvalue weighted by Crippen LogP contribution is -2.31. The van der Waals surface area contributed by atoms with Crippen molar-refractivity contribution in [3.63, 3.8) is 0 Å². The molecule has 2 amide bonds. The van der Waals surface area contributed by atoms with Gasteiger partial charge in [-0.05, 0) is 41.7 Å². The minimum atomic E-state index is -0.250. The van der Waals surface area contributed by atoms with E-state index < -0.39 is 0 Å². The third-order valence-corrected chi connectivity index (χ3v) is 3.94. The van der Waals surface area contributed by atoms with Gasteiger partial charge >= 0.3 is 6.03 Å². The van der Waals surface area contributed by atoms with E-state index in [0.29, 0.717) is 10.7 Å². The zero-order valence-corrected chi connectivity index (χ0v) is 14.7. The van der Waals surface area contributed by atoms with Gasteiger partial charge in [0, 0.05) is 10.7 Å². The van der Waals surface area contributed by atoms with E-state index in [4.69, 9.17) is 11.6 Å². The van der Waals surface area contributed by atoms with Gasteiger partial charge in [0.25, 0.3) is 0 Å². The molecular formula is C19H23ClN2O. The van der Waals surface area contributed by atoms with Gasteiger partial charge in [0.15, 0.2) is 0 Å². The molecular weight excluding hydrogens is 308 g/mol. The fourth-order valence-corrected chi connectivity index (χ4v) is 2.48. The Morgan fingerprint density at radius 1 is 1.09 bits per heavy atom. The molecule has 2 aromatic rings. The number of urea groups is 1. The van der Waals surface area contributed by atoms with Crippen LogP contribution in [-0.4, -0.2) is 6.03 Å². The lowest BCUT2D eigenvalue weighted by molar-refractivity contribution is 0.249. The molecule has 2 aromatic carbocycles. The van der Waals surface area contributed by atoms with Crippen LogP contribution in [0.2, 0.25) is 5.02 Å². The van der Waals surface area contributed by atoms with E-state index in [9.17, 15) is 4.79 Å². The van der Waals surface area contributed by atoms with E-state index in [1.165, 1.54) is 5.56 Å². The van der Waals surface area contributed by atoms with Crippen LogP contribution in [-0.2, 0) is 5.41 Å². The van der Waals surface area contributed by atoms with Gasteiger partial charge in [-0.25, -0.2) is 4.79 Å². The Kier molecular flexibility index (Phi) is 5.32. The number of anilines is 1. The molecule has 122 valence electrons. The van der Waals surface area contributed by atoms with Gasteiger partial charge in [-0.3, -0.25) is 0 Å². The topological polar surface area (TPSA) is 41.1 Å². The summed E-state index contributed by atoms with van der Waals surface area (Å²) in [5.74, 6) is 0. The highest BCUT2D eigenvalue weighted by atomic mass is 35.5. The van der Waals surface area contributed by atoms with Crippen LogP contribution in [0.25, 0.3) is 0 Å². The average molecular weight is 331 g/mol. The summed E-state index contributed by atoms with van der Waals surface area (Å²) >= 11 is 5.91. The molecule has 0 aliphatic carbocycles. The van der Waals surface area contributed by atoms with Crippen LogP contribution in [0.15, 0.2) is 48.5 Å². The molecule has 1 atom stereocenters. The Bertz CT molecular complexity index is 675. The Morgan fingerprint density at radius 2 is 1.74 bits per heavy atom. The predicted octanol–water partition coefficient (Wildman–Crippen LogP) is 5.52. The van der Waals surface area contributed by atoms with E-state index in [0.717, 1.165) is 5.56 Å². The van der Waals surface area contributed by atoms with Crippen LogP contribution in [0.4, 0.5) is 10.5 Å². The van der Waals surface area contributed by atoms with Crippen LogP contribution < -0.4 is 10.6 Å². The molecule has 4 heteroatoms.